The number of nitrogens with one attached hydrogen (secondary N) is 1. The summed E-state index contributed by atoms with van der Waals surface area (Å²) >= 11 is 0. The number of methoxy groups -OCH3 is 1. The average Bonchev–Trinajstić information content (AvgIpc) is 3.26. The van der Waals surface area contributed by atoms with E-state index >= 15 is 0 Å². The van der Waals surface area contributed by atoms with Crippen LogP contribution < -0.4 is 14.8 Å². The first-order chi connectivity index (χ1) is 16.3. The average molecular weight is 469 g/mol. The normalized spacial score (nSPS) is 24.4. The van der Waals surface area contributed by atoms with E-state index in [0.717, 1.165) is 18.4 Å². The molecule has 184 valence electrons. The Morgan fingerprint density at radius 2 is 2.06 bits per heavy atom. The standard InChI is InChI=1S/C26H36N4O4/c1-7-33-20-11-9-18(13-22(20)32-6)24-23(17(5)29-26-27-14-28-30(24)26)25(31)34-21-12-16(4)8-10-19(21)15(2)3/h9,11,13-16,19,21,24H,7-8,10,12H2,1-6H3,(H,27,28,29)/t16-,19+,21-,24-/m1/s1. The van der Waals surface area contributed by atoms with Crippen LogP contribution in [0.25, 0.3) is 0 Å². The molecular formula is C26H36N4O4. The third-order valence-electron chi connectivity index (χ3n) is 7.04. The van der Waals surface area contributed by atoms with Crippen molar-refractivity contribution in [1.29, 1.82) is 0 Å². The molecule has 0 radical (unpaired) electrons. The molecule has 1 fully saturated rings. The van der Waals surface area contributed by atoms with Crippen LogP contribution in [0, 0.1) is 17.8 Å². The molecule has 2 aromatic rings. The predicted molar refractivity (Wildman–Crippen MR) is 130 cm³/mol. The van der Waals surface area contributed by atoms with E-state index in [4.69, 9.17) is 14.2 Å². The minimum Gasteiger partial charge on any atom is -0.493 e. The van der Waals surface area contributed by atoms with Gasteiger partial charge in [-0.15, -0.1) is 0 Å². The molecule has 0 unspecified atom stereocenters. The number of ether oxygens (including phenoxy) is 3. The number of hydrogen-bond donors (Lipinski definition) is 1. The Balaban J connectivity index is 1.71. The lowest BCUT2D eigenvalue weighted by molar-refractivity contribution is -0.151. The summed E-state index contributed by atoms with van der Waals surface area (Å²) in [6.45, 7) is 11.0. The maximum atomic E-state index is 13.8. The van der Waals surface area contributed by atoms with Crippen molar-refractivity contribution in [2.45, 2.75) is 66.0 Å². The number of allylic oxidation sites excluding steroid dienone is 1. The zero-order valence-electron chi connectivity index (χ0n) is 21.0. The van der Waals surface area contributed by atoms with Crippen LogP contribution in [0.2, 0.25) is 0 Å². The Morgan fingerprint density at radius 3 is 2.76 bits per heavy atom. The van der Waals surface area contributed by atoms with Gasteiger partial charge in [0.2, 0.25) is 5.95 Å². The first-order valence-electron chi connectivity index (χ1n) is 12.2. The van der Waals surface area contributed by atoms with Gasteiger partial charge in [-0.25, -0.2) is 9.48 Å². The molecule has 0 amide bonds. The van der Waals surface area contributed by atoms with Crippen LogP contribution in [0.15, 0.2) is 35.8 Å². The number of esters is 1. The highest BCUT2D eigenvalue weighted by molar-refractivity contribution is 5.92. The number of aromatic nitrogens is 3. The SMILES string of the molecule is CCOc1ccc([C@@H]2C(C(=O)O[C@@H]3C[C@H](C)CC[C@H]3C(C)C)=C(C)Nc3ncnn32)cc1OC. The molecule has 1 aliphatic heterocycles. The Labute approximate surface area is 201 Å². The summed E-state index contributed by atoms with van der Waals surface area (Å²) in [5.41, 5.74) is 2.09. The van der Waals surface area contributed by atoms with Gasteiger partial charge in [0.15, 0.2) is 11.5 Å². The summed E-state index contributed by atoms with van der Waals surface area (Å²) in [5.74, 6) is 2.89. The van der Waals surface area contributed by atoms with E-state index in [1.54, 1.807) is 11.8 Å². The fourth-order valence-electron chi connectivity index (χ4n) is 5.24. The Bertz CT molecular complexity index is 1060. The molecule has 1 saturated carbocycles. The van der Waals surface area contributed by atoms with Crippen molar-refractivity contribution in [3.63, 3.8) is 0 Å². The topological polar surface area (TPSA) is 87.5 Å². The highest BCUT2D eigenvalue weighted by atomic mass is 16.5. The maximum absolute atomic E-state index is 13.8. The van der Waals surface area contributed by atoms with E-state index in [1.165, 1.54) is 12.7 Å². The van der Waals surface area contributed by atoms with Crippen molar-refractivity contribution in [3.8, 4) is 11.5 Å². The Morgan fingerprint density at radius 1 is 1.26 bits per heavy atom. The Hall–Kier alpha value is -3.03. The minimum absolute atomic E-state index is 0.0933. The largest absolute Gasteiger partial charge is 0.493 e. The third kappa shape index (κ3) is 4.63. The van der Waals surface area contributed by atoms with E-state index in [9.17, 15) is 4.79 Å². The molecule has 1 aromatic heterocycles. The summed E-state index contributed by atoms with van der Waals surface area (Å²) in [7, 11) is 1.61. The number of carbonyl (C=O) groups is 1. The molecule has 1 aromatic carbocycles. The van der Waals surface area contributed by atoms with Crippen LogP contribution in [-0.2, 0) is 9.53 Å². The van der Waals surface area contributed by atoms with Crippen LogP contribution in [0.4, 0.5) is 5.95 Å². The third-order valence-corrected chi connectivity index (χ3v) is 7.04. The van der Waals surface area contributed by atoms with Gasteiger partial charge in [0, 0.05) is 5.70 Å². The fourth-order valence-corrected chi connectivity index (χ4v) is 5.24. The summed E-state index contributed by atoms with van der Waals surface area (Å²) < 4.78 is 19.2. The van der Waals surface area contributed by atoms with Crippen molar-refractivity contribution in [1.82, 2.24) is 14.8 Å². The summed E-state index contributed by atoms with van der Waals surface area (Å²) in [6, 6.07) is 5.21. The highest BCUT2D eigenvalue weighted by Crippen LogP contribution is 2.41. The number of anilines is 1. The first-order valence-corrected chi connectivity index (χ1v) is 12.2. The van der Waals surface area contributed by atoms with E-state index in [2.05, 4.69) is 36.2 Å². The smallest absolute Gasteiger partial charge is 0.338 e. The molecule has 0 saturated heterocycles. The second-order valence-corrected chi connectivity index (χ2v) is 9.71. The fraction of sp³-hybridized carbons (Fsp3) is 0.577. The van der Waals surface area contributed by atoms with Gasteiger partial charge >= 0.3 is 5.97 Å². The lowest BCUT2D eigenvalue weighted by Crippen LogP contribution is -2.38. The molecule has 1 N–H and O–H groups in total. The Kier molecular flexibility index (Phi) is 7.14. The molecule has 4 atom stereocenters. The van der Waals surface area contributed by atoms with Gasteiger partial charge in [0.05, 0.1) is 19.3 Å². The summed E-state index contributed by atoms with van der Waals surface area (Å²) in [6.07, 6.45) is 4.55. The van der Waals surface area contributed by atoms with Gasteiger partial charge in [-0.3, -0.25) is 0 Å². The number of fused-ring (bicyclic) bond motifs is 1. The minimum atomic E-state index is -0.491. The molecular weight excluding hydrogens is 432 g/mol. The lowest BCUT2D eigenvalue weighted by atomic mass is 9.75. The monoisotopic (exact) mass is 468 g/mol. The van der Waals surface area contributed by atoms with Crippen LogP contribution in [0.3, 0.4) is 0 Å². The number of hydrogen-bond acceptors (Lipinski definition) is 7. The van der Waals surface area contributed by atoms with Crippen LogP contribution >= 0.6 is 0 Å². The van der Waals surface area contributed by atoms with Crippen molar-refractivity contribution in [2.24, 2.45) is 17.8 Å². The zero-order chi connectivity index (χ0) is 24.4. The van der Waals surface area contributed by atoms with E-state index in [0.29, 0.717) is 53.1 Å². The summed E-state index contributed by atoms with van der Waals surface area (Å²) in [5, 5.41) is 7.65. The van der Waals surface area contributed by atoms with Gasteiger partial charge in [-0.2, -0.15) is 10.1 Å². The van der Waals surface area contributed by atoms with Crippen molar-refractivity contribution in [2.75, 3.05) is 19.0 Å². The van der Waals surface area contributed by atoms with Gasteiger partial charge in [0.25, 0.3) is 0 Å². The van der Waals surface area contributed by atoms with Crippen LogP contribution in [-0.4, -0.2) is 40.6 Å². The second-order valence-electron chi connectivity index (χ2n) is 9.71. The zero-order valence-corrected chi connectivity index (χ0v) is 21.0. The number of rotatable bonds is 7. The molecule has 2 aliphatic rings. The van der Waals surface area contributed by atoms with Crippen molar-refractivity contribution < 1.29 is 19.0 Å². The predicted octanol–water partition coefficient (Wildman–Crippen LogP) is 4.98. The van der Waals surface area contributed by atoms with Crippen LogP contribution in [0.1, 0.15) is 65.5 Å². The molecule has 4 rings (SSSR count). The number of nitrogens with zero attached hydrogens (tertiary/aromatic N) is 3. The van der Waals surface area contributed by atoms with Gasteiger partial charge < -0.3 is 19.5 Å². The van der Waals surface area contributed by atoms with Crippen molar-refractivity contribution >= 4 is 11.9 Å². The molecule has 34 heavy (non-hydrogen) atoms. The van der Waals surface area contributed by atoms with E-state index in [-0.39, 0.29) is 12.1 Å². The first kappa shape index (κ1) is 24.1. The molecule has 2 heterocycles. The highest BCUT2D eigenvalue weighted by Gasteiger charge is 2.39. The van der Waals surface area contributed by atoms with Gasteiger partial charge in [-0.05, 0) is 62.1 Å². The van der Waals surface area contributed by atoms with E-state index < -0.39 is 6.04 Å². The van der Waals surface area contributed by atoms with Crippen molar-refractivity contribution in [3.05, 3.63) is 41.4 Å². The quantitative estimate of drug-likeness (QED) is 0.574. The number of carbonyl (C=O) groups excluding carboxylic acids is 1. The molecule has 8 nitrogen and oxygen atoms in total. The molecule has 0 spiro atoms. The van der Waals surface area contributed by atoms with E-state index in [1.807, 2.05) is 32.0 Å². The molecule has 1 aliphatic carbocycles. The second kappa shape index (κ2) is 10.1. The van der Waals surface area contributed by atoms with Gasteiger partial charge in [0.1, 0.15) is 18.5 Å². The summed E-state index contributed by atoms with van der Waals surface area (Å²) in [4.78, 5) is 18.1. The number of benzene rings is 1. The van der Waals surface area contributed by atoms with Crippen LogP contribution in [0.5, 0.6) is 11.5 Å². The maximum Gasteiger partial charge on any atom is 0.338 e. The van der Waals surface area contributed by atoms with Gasteiger partial charge in [-0.1, -0.05) is 33.3 Å². The molecule has 0 bridgehead atoms. The molecule has 8 heteroatoms. The lowest BCUT2D eigenvalue weighted by Gasteiger charge is -2.37.